The number of hydrogen-bond acceptors (Lipinski definition) is 11. The molecule has 0 amide bonds. The summed E-state index contributed by atoms with van der Waals surface area (Å²) in [4.78, 5) is 35.1. The van der Waals surface area contributed by atoms with Gasteiger partial charge in [0, 0.05) is 12.2 Å². The third kappa shape index (κ3) is 10.8. The first-order valence-corrected chi connectivity index (χ1v) is 17.4. The molecule has 11 nitrogen and oxygen atoms in total. The number of benzene rings is 4. The molecule has 0 radical (unpaired) electrons. The van der Waals surface area contributed by atoms with E-state index in [2.05, 4.69) is 17.9 Å². The molecule has 0 unspecified atom stereocenters. The summed E-state index contributed by atoms with van der Waals surface area (Å²) < 4.78 is 131. The maximum absolute atomic E-state index is 15.1. The fourth-order valence-corrected chi connectivity index (χ4v) is 5.34. The van der Waals surface area contributed by atoms with Crippen LogP contribution in [0.25, 0.3) is 0 Å². The zero-order valence-corrected chi connectivity index (χ0v) is 30.5. The van der Waals surface area contributed by atoms with Crippen LogP contribution in [0.5, 0.6) is 34.5 Å². The summed E-state index contributed by atoms with van der Waals surface area (Å²) in [6, 6.07) is 12.0. The van der Waals surface area contributed by atoms with E-state index in [0.717, 1.165) is 23.8 Å². The standard InChI is InChI=1S/C41H34F6O11/c1-3-33(48)53-18-6-5-17-52-30-15-16-31(37(45)36(30)44)58-41(46,47)35-28(42)21-26(22-29(35)43)40(50)57-32-14-11-25(38-39(32)56-23-55-38)10-7-24-8-12-27(13-9-24)51-19-20-54-34(49)4-2/h3-4,8-9,11-16,21-22H,1-2,5-7,10,17-20,23H2. The molecule has 4 aromatic rings. The molecule has 5 rings (SSSR count). The van der Waals surface area contributed by atoms with Crippen molar-refractivity contribution in [2.24, 2.45) is 0 Å². The summed E-state index contributed by atoms with van der Waals surface area (Å²) in [5.41, 5.74) is -1.18. The zero-order chi connectivity index (χ0) is 41.8. The van der Waals surface area contributed by atoms with Gasteiger partial charge in [0.2, 0.25) is 24.2 Å². The van der Waals surface area contributed by atoms with Crippen LogP contribution in [0.2, 0.25) is 0 Å². The van der Waals surface area contributed by atoms with Gasteiger partial charge in [-0.3, -0.25) is 0 Å². The summed E-state index contributed by atoms with van der Waals surface area (Å²) in [5.74, 6) is -11.5. The van der Waals surface area contributed by atoms with Crippen molar-refractivity contribution in [3.8, 4) is 34.5 Å². The largest absolute Gasteiger partial charge is 0.490 e. The Kier molecular flexibility index (Phi) is 14.3. The number of unbranched alkanes of at least 4 members (excludes halogenated alkanes) is 1. The highest BCUT2D eigenvalue weighted by atomic mass is 19.3. The van der Waals surface area contributed by atoms with E-state index in [0.29, 0.717) is 36.6 Å². The Balaban J connectivity index is 1.19. The molecule has 17 heteroatoms. The molecule has 0 saturated carbocycles. The van der Waals surface area contributed by atoms with E-state index >= 15 is 17.6 Å². The molecule has 0 atom stereocenters. The van der Waals surface area contributed by atoms with Gasteiger partial charge >= 0.3 is 24.0 Å². The number of esters is 3. The van der Waals surface area contributed by atoms with E-state index in [9.17, 15) is 23.2 Å². The monoisotopic (exact) mass is 816 g/mol. The minimum absolute atomic E-state index is 0.0147. The lowest BCUT2D eigenvalue weighted by Crippen LogP contribution is -2.26. The van der Waals surface area contributed by atoms with Gasteiger partial charge in [-0.15, -0.1) is 0 Å². The maximum atomic E-state index is 15.1. The number of halogens is 6. The quantitative estimate of drug-likeness (QED) is 0.0283. The van der Waals surface area contributed by atoms with Gasteiger partial charge in [0.15, 0.2) is 23.0 Å². The van der Waals surface area contributed by atoms with Crippen molar-refractivity contribution in [1.82, 2.24) is 0 Å². The van der Waals surface area contributed by atoms with Crippen molar-refractivity contribution >= 4 is 17.9 Å². The Bertz CT molecular complexity index is 2130. The van der Waals surface area contributed by atoms with Gasteiger partial charge in [0.1, 0.15) is 36.2 Å². The second kappa shape index (κ2) is 19.5. The molecule has 0 spiro atoms. The normalized spacial score (nSPS) is 11.7. The van der Waals surface area contributed by atoms with Gasteiger partial charge in [-0.1, -0.05) is 31.4 Å². The number of aryl methyl sites for hydroxylation is 2. The molecule has 0 bridgehead atoms. The molecular weight excluding hydrogens is 782 g/mol. The van der Waals surface area contributed by atoms with Crippen molar-refractivity contribution in [2.45, 2.75) is 31.8 Å². The summed E-state index contributed by atoms with van der Waals surface area (Å²) >= 11 is 0. The maximum Gasteiger partial charge on any atom is 0.432 e. The average Bonchev–Trinajstić information content (AvgIpc) is 3.71. The smallest absolute Gasteiger partial charge is 0.432 e. The lowest BCUT2D eigenvalue weighted by atomic mass is 10.0. The summed E-state index contributed by atoms with van der Waals surface area (Å²) in [6.07, 6.45) is -1.31. The number of ether oxygens (including phenoxy) is 8. The summed E-state index contributed by atoms with van der Waals surface area (Å²) in [6.45, 7) is 6.39. The molecule has 0 fully saturated rings. The van der Waals surface area contributed by atoms with Crippen LogP contribution in [-0.4, -0.2) is 51.1 Å². The van der Waals surface area contributed by atoms with Gasteiger partial charge < -0.3 is 37.9 Å². The molecule has 1 aliphatic heterocycles. The number of fused-ring (bicyclic) bond motifs is 1. The Morgan fingerprint density at radius 2 is 1.29 bits per heavy atom. The van der Waals surface area contributed by atoms with Gasteiger partial charge in [0.05, 0.1) is 18.8 Å². The first-order chi connectivity index (χ1) is 27.8. The van der Waals surface area contributed by atoms with Crippen LogP contribution in [0.3, 0.4) is 0 Å². The third-order valence-corrected chi connectivity index (χ3v) is 8.16. The zero-order valence-electron chi connectivity index (χ0n) is 30.5. The molecule has 306 valence electrons. The van der Waals surface area contributed by atoms with Crippen LogP contribution in [0, 0.1) is 23.3 Å². The molecule has 4 aromatic carbocycles. The van der Waals surface area contributed by atoms with E-state index in [4.69, 9.17) is 33.2 Å². The summed E-state index contributed by atoms with van der Waals surface area (Å²) in [5, 5.41) is 0. The topological polar surface area (TPSA) is 125 Å². The van der Waals surface area contributed by atoms with E-state index < -0.39 is 69.9 Å². The average molecular weight is 817 g/mol. The highest BCUT2D eigenvalue weighted by Crippen LogP contribution is 2.44. The lowest BCUT2D eigenvalue weighted by Gasteiger charge is -2.20. The van der Waals surface area contributed by atoms with Crippen molar-refractivity contribution in [2.75, 3.05) is 33.2 Å². The Morgan fingerprint density at radius 1 is 0.690 bits per heavy atom. The number of hydrogen-bond donors (Lipinski definition) is 0. The number of rotatable bonds is 20. The molecule has 0 saturated heterocycles. The highest BCUT2D eigenvalue weighted by molar-refractivity contribution is 5.91. The number of alkyl halides is 2. The molecule has 1 heterocycles. The van der Waals surface area contributed by atoms with Crippen LogP contribution in [-0.2, 0) is 38.0 Å². The van der Waals surface area contributed by atoms with E-state index in [-0.39, 0.29) is 69.0 Å². The second-order valence-electron chi connectivity index (χ2n) is 12.1. The van der Waals surface area contributed by atoms with Gasteiger partial charge in [0.25, 0.3) is 0 Å². The summed E-state index contributed by atoms with van der Waals surface area (Å²) in [7, 11) is 0. The number of carbonyl (C=O) groups excluding carboxylic acids is 3. The van der Waals surface area contributed by atoms with Gasteiger partial charge in [-0.25, -0.2) is 23.2 Å². The number of carbonyl (C=O) groups is 3. The van der Waals surface area contributed by atoms with Crippen molar-refractivity contribution in [3.63, 3.8) is 0 Å². The Labute approximate surface area is 327 Å². The molecule has 1 aliphatic rings. The molecule has 0 aromatic heterocycles. The molecule has 0 aliphatic carbocycles. The Hall–Kier alpha value is -6.65. The van der Waals surface area contributed by atoms with E-state index in [1.165, 1.54) is 6.07 Å². The highest BCUT2D eigenvalue weighted by Gasteiger charge is 2.42. The minimum atomic E-state index is -4.89. The van der Waals surface area contributed by atoms with E-state index in [1.807, 2.05) is 12.1 Å². The van der Waals surface area contributed by atoms with E-state index in [1.54, 1.807) is 18.2 Å². The fourth-order valence-electron chi connectivity index (χ4n) is 5.34. The van der Waals surface area contributed by atoms with Crippen LogP contribution in [0.1, 0.15) is 39.9 Å². The Morgan fingerprint density at radius 3 is 1.98 bits per heavy atom. The lowest BCUT2D eigenvalue weighted by molar-refractivity contribution is -0.191. The first-order valence-electron chi connectivity index (χ1n) is 17.4. The second-order valence-corrected chi connectivity index (χ2v) is 12.1. The molecule has 0 N–H and O–H groups in total. The van der Waals surface area contributed by atoms with Crippen LogP contribution >= 0.6 is 0 Å². The van der Waals surface area contributed by atoms with Crippen LogP contribution < -0.4 is 28.4 Å². The van der Waals surface area contributed by atoms with Crippen molar-refractivity contribution < 1.29 is 78.6 Å². The van der Waals surface area contributed by atoms with Gasteiger partial charge in [-0.05, 0) is 79.3 Å². The predicted octanol–water partition coefficient (Wildman–Crippen LogP) is 8.10. The third-order valence-electron chi connectivity index (χ3n) is 8.16. The predicted molar refractivity (Wildman–Crippen MR) is 191 cm³/mol. The van der Waals surface area contributed by atoms with Gasteiger partial charge in [-0.2, -0.15) is 17.6 Å². The van der Waals surface area contributed by atoms with Crippen molar-refractivity contribution in [1.29, 1.82) is 0 Å². The van der Waals surface area contributed by atoms with Crippen molar-refractivity contribution in [3.05, 3.63) is 131 Å². The minimum Gasteiger partial charge on any atom is -0.490 e. The van der Waals surface area contributed by atoms with Crippen LogP contribution in [0.4, 0.5) is 26.3 Å². The van der Waals surface area contributed by atoms with Crippen LogP contribution in [0.15, 0.2) is 86.0 Å². The first kappa shape index (κ1) is 42.5. The molecular formula is C41H34F6O11. The fraction of sp³-hybridized carbons (Fsp3) is 0.244. The molecule has 58 heavy (non-hydrogen) atoms. The SMILES string of the molecule is C=CC(=O)OCCCCOc1ccc(OC(F)(F)c2c(F)cc(C(=O)Oc3ccc(CCc4ccc(OCCOC(=O)C=C)cc4)c4c3OCO4)cc2F)c(F)c1F.